The summed E-state index contributed by atoms with van der Waals surface area (Å²) in [5.41, 5.74) is 12.5. The Labute approximate surface area is 517 Å². The van der Waals surface area contributed by atoms with Gasteiger partial charge in [0.05, 0.1) is 50.1 Å². The zero-order chi connectivity index (χ0) is 60.1. The first-order valence-electron chi connectivity index (χ1n) is 25.3. The number of allylic oxidation sites excluding steroid dienone is 4. The minimum atomic E-state index is -0.0380. The third kappa shape index (κ3) is 18.5. The molecule has 0 aliphatic heterocycles. The van der Waals surface area contributed by atoms with Crippen LogP contribution in [0, 0.1) is 0 Å². The van der Waals surface area contributed by atoms with E-state index in [2.05, 4.69) is 104 Å². The van der Waals surface area contributed by atoms with Crippen molar-refractivity contribution in [2.75, 3.05) is 0 Å². The van der Waals surface area contributed by atoms with Gasteiger partial charge < -0.3 is 0 Å². The summed E-state index contributed by atoms with van der Waals surface area (Å²) in [5.74, 6) is -0.0930. The van der Waals surface area contributed by atoms with Gasteiger partial charge in [-0.1, -0.05) is 141 Å². The summed E-state index contributed by atoms with van der Waals surface area (Å²) < 4.78 is 0.754. The van der Waals surface area contributed by atoms with E-state index in [4.69, 9.17) is 58.0 Å². The zero-order valence-corrected chi connectivity index (χ0v) is 49.9. The van der Waals surface area contributed by atoms with Crippen molar-refractivity contribution >= 4 is 108 Å². The maximum Gasteiger partial charge on any atom is 0.224 e. The van der Waals surface area contributed by atoms with Crippen LogP contribution in [0.4, 0.5) is 0 Å². The summed E-state index contributed by atoms with van der Waals surface area (Å²) >= 11 is 33.0. The standard InChI is InChI=1S/C21H17ClN2O.C15H11ClN4O.C14H10BrClN2O.C14H10Cl2N2O/c1-2-19(25)13-16-9-6-10-17(12-16)20-18(14-23-21(22)24-20)11-15-7-4-3-5-8-15;1-2-11(21)7-9-4-3-5-10(6-9)13-12-8-17-20-14(12)19-15(16)18-13;2*1-2-11(19)7-9-4-3-5-10(6-9)13-12(15)8-17-14(16)18-13/h2-10,12,14H,1,11,13H2;2-6,8H,1,7H2,(H,17,18,19,20);2*2-6,8H,1,7H2. The normalized spacial score (nSPS) is 10.4. The van der Waals surface area contributed by atoms with Crippen LogP contribution in [0.5, 0.6) is 0 Å². The molecule has 20 heteroatoms. The number of hydrogen-bond acceptors (Lipinski definition) is 13. The van der Waals surface area contributed by atoms with Gasteiger partial charge >= 0.3 is 0 Å². The summed E-state index contributed by atoms with van der Waals surface area (Å²) in [7, 11) is 0. The molecule has 0 aliphatic rings. The summed E-state index contributed by atoms with van der Waals surface area (Å²) in [6.45, 7) is 13.9. The van der Waals surface area contributed by atoms with Gasteiger partial charge in [-0.3, -0.25) is 24.3 Å². The lowest BCUT2D eigenvalue weighted by atomic mass is 9.98. The maximum absolute atomic E-state index is 11.6. The Morgan fingerprint density at radius 2 is 0.821 bits per heavy atom. The van der Waals surface area contributed by atoms with Crippen LogP contribution in [0.15, 0.2) is 207 Å². The Morgan fingerprint density at radius 3 is 1.31 bits per heavy atom. The van der Waals surface area contributed by atoms with Gasteiger partial charge in [-0.05, 0) is 139 Å². The van der Waals surface area contributed by atoms with E-state index in [1.807, 2.05) is 115 Å². The maximum atomic E-state index is 11.6. The Hall–Kier alpha value is -8.54. The number of ketones is 4. The summed E-state index contributed by atoms with van der Waals surface area (Å²) in [6.07, 6.45) is 13.7. The fourth-order valence-electron chi connectivity index (χ4n) is 8.11. The fourth-order valence-corrected chi connectivity index (χ4v) is 9.30. The number of aromatic nitrogens is 10. The highest BCUT2D eigenvalue weighted by molar-refractivity contribution is 9.10. The fraction of sp³-hybridized carbons (Fsp3) is 0.0781. The summed E-state index contributed by atoms with van der Waals surface area (Å²) in [6, 6.07) is 40.5. The quantitative estimate of drug-likeness (QED) is 0.0629. The number of H-pyrrole nitrogens is 1. The van der Waals surface area contributed by atoms with Crippen LogP contribution in [0.2, 0.25) is 26.2 Å². The number of nitrogens with one attached hydrogen (secondary N) is 1. The molecule has 5 aromatic heterocycles. The van der Waals surface area contributed by atoms with Crippen molar-refractivity contribution < 1.29 is 19.2 Å². The highest BCUT2D eigenvalue weighted by atomic mass is 79.9. The molecule has 0 spiro atoms. The molecule has 0 saturated carbocycles. The van der Waals surface area contributed by atoms with Gasteiger partial charge in [0.1, 0.15) is 0 Å². The largest absolute Gasteiger partial charge is 0.295 e. The van der Waals surface area contributed by atoms with Crippen LogP contribution in [-0.2, 0) is 51.3 Å². The van der Waals surface area contributed by atoms with E-state index in [-0.39, 0.29) is 44.3 Å². The van der Waals surface area contributed by atoms with Crippen molar-refractivity contribution in [2.45, 2.75) is 32.1 Å². The molecule has 0 aliphatic carbocycles. The van der Waals surface area contributed by atoms with Crippen molar-refractivity contribution in [1.82, 2.24) is 50.1 Å². The molecule has 5 heterocycles. The first kappa shape index (κ1) is 63.0. The summed E-state index contributed by atoms with van der Waals surface area (Å²) in [5, 5.41) is 8.60. The number of halogens is 6. The SMILES string of the molecule is C=CC(=O)Cc1cccc(-c2nc(Cl)nc3[nH]ncc23)c1.C=CC(=O)Cc1cccc(-c2nc(Cl)ncc2Br)c1.C=CC(=O)Cc1cccc(-c2nc(Cl)ncc2Cc2ccccc2)c1.C=CC(=O)Cc1cccc(-c2nc(Cl)ncc2Cl)c1. The van der Waals surface area contributed by atoms with Crippen molar-refractivity contribution in [3.05, 3.63) is 267 Å². The van der Waals surface area contributed by atoms with Gasteiger partial charge in [-0.2, -0.15) is 10.1 Å². The van der Waals surface area contributed by atoms with Gasteiger partial charge in [0, 0.05) is 72.3 Å². The lowest BCUT2D eigenvalue weighted by molar-refractivity contribution is -0.114. The number of carbonyl (C=O) groups excluding carboxylic acids is 4. The molecule has 0 atom stereocenters. The Kier molecular flexibility index (Phi) is 23.4. The van der Waals surface area contributed by atoms with Crippen LogP contribution in [0.3, 0.4) is 0 Å². The zero-order valence-electron chi connectivity index (χ0n) is 44.5. The molecule has 0 amide bonds. The van der Waals surface area contributed by atoms with Gasteiger partial charge in [0.25, 0.3) is 0 Å². The molecule has 10 aromatic rings. The predicted molar refractivity (Wildman–Crippen MR) is 337 cm³/mol. The minimum absolute atomic E-state index is 0.0117. The molecule has 420 valence electrons. The molecule has 0 unspecified atom stereocenters. The molecule has 0 bridgehead atoms. The lowest BCUT2D eigenvalue weighted by Crippen LogP contribution is -2.00. The second-order valence-corrected chi connectivity index (χ2v) is 20.6. The van der Waals surface area contributed by atoms with Gasteiger partial charge in [-0.25, -0.2) is 34.9 Å². The number of fused-ring (bicyclic) bond motifs is 1. The van der Waals surface area contributed by atoms with Crippen LogP contribution in [0.25, 0.3) is 56.1 Å². The monoisotopic (exact) mass is 1270 g/mol. The van der Waals surface area contributed by atoms with Crippen molar-refractivity contribution in [3.63, 3.8) is 0 Å². The molecular weight excluding hydrogens is 1230 g/mol. The highest BCUT2D eigenvalue weighted by Crippen LogP contribution is 2.31. The smallest absolute Gasteiger partial charge is 0.224 e. The van der Waals surface area contributed by atoms with E-state index in [0.717, 1.165) is 65.6 Å². The molecule has 10 rings (SSSR count). The first-order chi connectivity index (χ1) is 40.5. The number of rotatable bonds is 18. The number of benzene rings is 5. The average Bonchev–Trinajstić information content (AvgIpc) is 4.19. The van der Waals surface area contributed by atoms with E-state index < -0.39 is 0 Å². The van der Waals surface area contributed by atoms with E-state index in [9.17, 15) is 19.2 Å². The van der Waals surface area contributed by atoms with Crippen LogP contribution >= 0.6 is 73.9 Å². The van der Waals surface area contributed by atoms with E-state index in [1.54, 1.807) is 18.6 Å². The minimum Gasteiger partial charge on any atom is -0.295 e. The Balaban J connectivity index is 0.000000162. The van der Waals surface area contributed by atoms with E-state index in [0.29, 0.717) is 59.9 Å². The Bertz CT molecular complexity index is 3960. The Morgan fingerprint density at radius 1 is 0.429 bits per heavy atom. The van der Waals surface area contributed by atoms with Gasteiger partial charge in [0.15, 0.2) is 28.8 Å². The topological polar surface area (TPSA) is 200 Å². The average molecular weight is 1280 g/mol. The first-order valence-corrected chi connectivity index (χ1v) is 28.0. The molecule has 14 nitrogen and oxygen atoms in total. The second kappa shape index (κ2) is 31.2. The lowest BCUT2D eigenvalue weighted by Gasteiger charge is -2.10. The number of aromatic amines is 1. The van der Waals surface area contributed by atoms with Crippen LogP contribution in [0.1, 0.15) is 33.4 Å². The predicted octanol–water partition coefficient (Wildman–Crippen LogP) is 15.3. The molecular formula is C64H48BrCl5N10O4. The van der Waals surface area contributed by atoms with Crippen molar-refractivity contribution in [3.8, 4) is 45.0 Å². The van der Waals surface area contributed by atoms with Crippen LogP contribution in [-0.4, -0.2) is 73.2 Å². The van der Waals surface area contributed by atoms with Gasteiger partial charge in [0.2, 0.25) is 21.1 Å². The molecule has 84 heavy (non-hydrogen) atoms. The molecule has 5 aromatic carbocycles. The van der Waals surface area contributed by atoms with E-state index in [1.165, 1.54) is 36.1 Å². The third-order valence-electron chi connectivity index (χ3n) is 12.0. The second-order valence-electron chi connectivity index (χ2n) is 18.0. The molecule has 0 saturated heterocycles. The molecule has 0 fully saturated rings. The van der Waals surface area contributed by atoms with Crippen molar-refractivity contribution in [2.24, 2.45) is 0 Å². The van der Waals surface area contributed by atoms with E-state index >= 15 is 0 Å². The number of carbonyl (C=O) groups is 4. The van der Waals surface area contributed by atoms with Crippen LogP contribution < -0.4 is 0 Å². The summed E-state index contributed by atoms with van der Waals surface area (Å²) in [4.78, 5) is 78.7. The number of hydrogen-bond donors (Lipinski definition) is 1. The highest BCUT2D eigenvalue weighted by Gasteiger charge is 2.15. The molecule has 0 radical (unpaired) electrons. The van der Waals surface area contributed by atoms with Crippen molar-refractivity contribution in [1.29, 1.82) is 0 Å². The van der Waals surface area contributed by atoms with Gasteiger partial charge in [-0.15, -0.1) is 0 Å². The number of nitrogens with zero attached hydrogens (tertiary/aromatic N) is 9. The molecule has 1 N–H and O–H groups in total. The third-order valence-corrected chi connectivity index (χ3v) is 13.6.